The zero-order valence-electron chi connectivity index (χ0n) is 15.6. The first-order valence-electron chi connectivity index (χ1n) is 9.04. The molecule has 0 bridgehead atoms. The van der Waals surface area contributed by atoms with Gasteiger partial charge in [0, 0.05) is 24.2 Å². The Labute approximate surface area is 179 Å². The summed E-state index contributed by atoms with van der Waals surface area (Å²) in [4.78, 5) is 26.6. The number of amides is 2. The Morgan fingerprint density at radius 2 is 1.76 bits per heavy atom. The van der Waals surface area contributed by atoms with Crippen molar-refractivity contribution in [2.45, 2.75) is 0 Å². The zero-order chi connectivity index (χ0) is 20.6. The molecule has 29 heavy (non-hydrogen) atoms. The second-order valence-corrected chi connectivity index (χ2v) is 7.12. The molecule has 1 heterocycles. The minimum Gasteiger partial charge on any atom is -0.378 e. The fourth-order valence-corrected chi connectivity index (χ4v) is 3.10. The third-order valence-electron chi connectivity index (χ3n) is 4.24. The molecule has 0 spiro atoms. The average Bonchev–Trinajstić information content (AvgIpc) is 2.74. The van der Waals surface area contributed by atoms with Gasteiger partial charge in [-0.2, -0.15) is 0 Å². The van der Waals surface area contributed by atoms with E-state index < -0.39 is 0 Å². The van der Waals surface area contributed by atoms with Crippen LogP contribution >= 0.6 is 23.8 Å². The Kier molecular flexibility index (Phi) is 7.35. The van der Waals surface area contributed by atoms with Crippen LogP contribution in [0.2, 0.25) is 5.02 Å². The Hall–Kier alpha value is -2.74. The third kappa shape index (κ3) is 6.12. The Morgan fingerprint density at radius 1 is 1.07 bits per heavy atom. The molecule has 3 rings (SSSR count). The van der Waals surface area contributed by atoms with Crippen molar-refractivity contribution in [3.05, 3.63) is 70.8 Å². The molecule has 0 saturated carbocycles. The predicted octanol–water partition coefficient (Wildman–Crippen LogP) is 3.34. The van der Waals surface area contributed by atoms with E-state index in [-0.39, 0.29) is 16.9 Å². The van der Waals surface area contributed by atoms with Crippen LogP contribution in [-0.4, -0.2) is 48.1 Å². The number of para-hydroxylation sites is 1. The molecule has 0 unspecified atom stereocenters. The predicted molar refractivity (Wildman–Crippen MR) is 118 cm³/mol. The molecule has 1 saturated heterocycles. The van der Waals surface area contributed by atoms with Crippen LogP contribution in [0, 0.1) is 0 Å². The average molecular weight is 430 g/mol. The lowest BCUT2D eigenvalue weighted by Crippen LogP contribution is -2.41. The maximum atomic E-state index is 12.8. The van der Waals surface area contributed by atoms with Crippen molar-refractivity contribution in [3.63, 3.8) is 0 Å². The lowest BCUT2D eigenvalue weighted by atomic mass is 10.1. The summed E-state index contributed by atoms with van der Waals surface area (Å²) in [6, 6.07) is 14.1. The quantitative estimate of drug-likeness (QED) is 0.576. The van der Waals surface area contributed by atoms with E-state index in [0.717, 1.165) is 5.56 Å². The molecule has 2 amide bonds. The number of anilines is 1. The number of carbonyl (C=O) groups is 2. The lowest BCUT2D eigenvalue weighted by Gasteiger charge is -2.27. The smallest absolute Gasteiger partial charge is 0.256 e. The first-order chi connectivity index (χ1) is 14.0. The number of hydrogen-bond acceptors (Lipinski definition) is 4. The van der Waals surface area contributed by atoms with Gasteiger partial charge in [-0.1, -0.05) is 35.9 Å². The molecule has 0 radical (unpaired) electrons. The summed E-state index contributed by atoms with van der Waals surface area (Å²) in [7, 11) is 0. The van der Waals surface area contributed by atoms with Crippen LogP contribution in [0.15, 0.2) is 54.6 Å². The highest BCUT2D eigenvalue weighted by Crippen LogP contribution is 2.18. The third-order valence-corrected chi connectivity index (χ3v) is 4.69. The number of thiocarbonyl (C=S) groups is 1. The Balaban J connectivity index is 1.61. The summed E-state index contributed by atoms with van der Waals surface area (Å²) >= 11 is 11.1. The van der Waals surface area contributed by atoms with Gasteiger partial charge in [-0.05, 0) is 48.1 Å². The molecule has 2 aromatic rings. The van der Waals surface area contributed by atoms with Crippen LogP contribution in [0.3, 0.4) is 0 Å². The molecule has 0 atom stereocenters. The van der Waals surface area contributed by atoms with Gasteiger partial charge in [-0.25, -0.2) is 0 Å². The van der Waals surface area contributed by atoms with Gasteiger partial charge in [0.15, 0.2) is 5.11 Å². The number of ether oxygens (including phenoxy) is 1. The van der Waals surface area contributed by atoms with E-state index in [1.807, 2.05) is 0 Å². The number of nitrogens with one attached hydrogen (secondary N) is 2. The van der Waals surface area contributed by atoms with Crippen molar-refractivity contribution in [2.24, 2.45) is 0 Å². The SMILES string of the molecule is O=C(/C=C/c1ccc(Cl)cc1)NC(=S)Nc1ccccc1C(=O)N1CCOCC1. The van der Waals surface area contributed by atoms with E-state index in [4.69, 9.17) is 28.6 Å². The molecule has 0 aromatic heterocycles. The Bertz CT molecular complexity index is 925. The van der Waals surface area contributed by atoms with Crippen LogP contribution in [0.1, 0.15) is 15.9 Å². The number of morpholine rings is 1. The molecule has 2 N–H and O–H groups in total. The molecule has 1 aliphatic rings. The molecule has 1 fully saturated rings. The lowest BCUT2D eigenvalue weighted by molar-refractivity contribution is -0.115. The molecule has 6 nitrogen and oxygen atoms in total. The monoisotopic (exact) mass is 429 g/mol. The summed E-state index contributed by atoms with van der Waals surface area (Å²) in [6.45, 7) is 2.14. The van der Waals surface area contributed by atoms with Crippen molar-refractivity contribution < 1.29 is 14.3 Å². The van der Waals surface area contributed by atoms with E-state index in [1.54, 1.807) is 59.5 Å². The van der Waals surface area contributed by atoms with Crippen LogP contribution in [0.5, 0.6) is 0 Å². The standard InChI is InChI=1S/C21H20ClN3O3S/c22-16-8-5-15(6-9-16)7-10-19(26)24-21(29)23-18-4-2-1-3-17(18)20(27)25-11-13-28-14-12-25/h1-10H,11-14H2,(H2,23,24,26,29)/b10-7+. The van der Waals surface area contributed by atoms with Crippen LogP contribution in [0.25, 0.3) is 6.08 Å². The van der Waals surface area contributed by atoms with E-state index in [0.29, 0.717) is 42.6 Å². The number of benzene rings is 2. The van der Waals surface area contributed by atoms with Gasteiger partial charge in [0.2, 0.25) is 5.91 Å². The fraction of sp³-hybridized carbons (Fsp3) is 0.190. The number of halogens is 1. The summed E-state index contributed by atoms with van der Waals surface area (Å²) in [6.07, 6.45) is 3.03. The first kappa shape index (κ1) is 21.0. The highest BCUT2D eigenvalue weighted by atomic mass is 35.5. The molecule has 8 heteroatoms. The van der Waals surface area contributed by atoms with Gasteiger partial charge in [0.05, 0.1) is 24.5 Å². The number of rotatable bonds is 4. The summed E-state index contributed by atoms with van der Waals surface area (Å²) in [5.41, 5.74) is 1.86. The summed E-state index contributed by atoms with van der Waals surface area (Å²) < 4.78 is 5.29. The van der Waals surface area contributed by atoms with E-state index in [2.05, 4.69) is 10.6 Å². The fourth-order valence-electron chi connectivity index (χ4n) is 2.77. The van der Waals surface area contributed by atoms with Crippen molar-refractivity contribution >= 4 is 52.5 Å². The summed E-state index contributed by atoms with van der Waals surface area (Å²) in [5, 5.41) is 6.25. The molecule has 1 aliphatic heterocycles. The molecule has 0 aliphatic carbocycles. The first-order valence-corrected chi connectivity index (χ1v) is 9.83. The van der Waals surface area contributed by atoms with Crippen molar-refractivity contribution in [2.75, 3.05) is 31.6 Å². The minimum absolute atomic E-state index is 0.104. The van der Waals surface area contributed by atoms with Crippen LogP contribution in [0.4, 0.5) is 5.69 Å². The molecular formula is C21H20ClN3O3S. The second kappa shape index (κ2) is 10.2. The number of nitrogens with zero attached hydrogens (tertiary/aromatic N) is 1. The summed E-state index contributed by atoms with van der Waals surface area (Å²) in [5.74, 6) is -0.484. The van der Waals surface area contributed by atoms with E-state index in [9.17, 15) is 9.59 Å². The van der Waals surface area contributed by atoms with Gasteiger partial charge < -0.3 is 15.0 Å². The topological polar surface area (TPSA) is 70.7 Å². The zero-order valence-corrected chi connectivity index (χ0v) is 17.1. The maximum Gasteiger partial charge on any atom is 0.256 e. The van der Waals surface area contributed by atoms with E-state index >= 15 is 0 Å². The Morgan fingerprint density at radius 3 is 2.48 bits per heavy atom. The highest BCUT2D eigenvalue weighted by molar-refractivity contribution is 7.80. The van der Waals surface area contributed by atoms with Gasteiger partial charge in [-0.3, -0.25) is 14.9 Å². The molecule has 2 aromatic carbocycles. The largest absolute Gasteiger partial charge is 0.378 e. The van der Waals surface area contributed by atoms with E-state index in [1.165, 1.54) is 6.08 Å². The minimum atomic E-state index is -0.380. The molecule has 150 valence electrons. The highest BCUT2D eigenvalue weighted by Gasteiger charge is 2.21. The van der Waals surface area contributed by atoms with Gasteiger partial charge in [0.25, 0.3) is 5.91 Å². The second-order valence-electron chi connectivity index (χ2n) is 6.28. The van der Waals surface area contributed by atoms with Crippen LogP contribution < -0.4 is 10.6 Å². The number of carbonyl (C=O) groups excluding carboxylic acids is 2. The van der Waals surface area contributed by atoms with Crippen molar-refractivity contribution in [1.82, 2.24) is 10.2 Å². The van der Waals surface area contributed by atoms with Gasteiger partial charge in [0.1, 0.15) is 0 Å². The maximum absolute atomic E-state index is 12.8. The van der Waals surface area contributed by atoms with Crippen molar-refractivity contribution in [3.8, 4) is 0 Å². The van der Waals surface area contributed by atoms with Gasteiger partial charge in [-0.15, -0.1) is 0 Å². The van der Waals surface area contributed by atoms with Crippen molar-refractivity contribution in [1.29, 1.82) is 0 Å². The van der Waals surface area contributed by atoms with Gasteiger partial charge >= 0.3 is 0 Å². The van der Waals surface area contributed by atoms with Crippen LogP contribution in [-0.2, 0) is 9.53 Å². The molecular weight excluding hydrogens is 410 g/mol. The number of hydrogen-bond donors (Lipinski definition) is 2. The normalized spacial score (nSPS) is 13.9.